The minimum Gasteiger partial charge on any atom is -0.310 e. The van der Waals surface area contributed by atoms with Gasteiger partial charge >= 0.3 is 0 Å². The molecule has 0 unspecified atom stereocenters. The van der Waals surface area contributed by atoms with Crippen LogP contribution in [0.4, 0.5) is 34.1 Å². The Bertz CT molecular complexity index is 4130. The summed E-state index contributed by atoms with van der Waals surface area (Å²) >= 11 is 1.88. The van der Waals surface area contributed by atoms with Crippen LogP contribution < -0.4 is 9.80 Å². The van der Waals surface area contributed by atoms with Crippen molar-refractivity contribution >= 4 is 119 Å². The van der Waals surface area contributed by atoms with Gasteiger partial charge in [0.05, 0.1) is 0 Å². The van der Waals surface area contributed by atoms with Gasteiger partial charge in [0.2, 0.25) is 0 Å². The van der Waals surface area contributed by atoms with Crippen molar-refractivity contribution in [3.63, 3.8) is 0 Å². The van der Waals surface area contributed by atoms with Gasteiger partial charge in [-0.05, 0) is 245 Å². The minimum atomic E-state index is 1.11. The molecule has 12 rings (SSSR count). The highest BCUT2D eigenvalue weighted by Crippen LogP contribution is 2.46. The van der Waals surface area contributed by atoms with Crippen molar-refractivity contribution in [3.05, 3.63) is 239 Å². The molecular weight excluding hydrogens is 877 g/mol. The van der Waals surface area contributed by atoms with Gasteiger partial charge < -0.3 is 9.80 Å². The van der Waals surface area contributed by atoms with Crippen LogP contribution in [0.5, 0.6) is 0 Å². The van der Waals surface area contributed by atoms with Crippen molar-refractivity contribution in [2.75, 3.05) is 9.80 Å². The number of nitrogens with zero attached hydrogens (tertiary/aromatic N) is 2. The molecule has 0 aliphatic rings. The second-order valence-electron chi connectivity index (χ2n) is 19.8. The molecule has 0 fully saturated rings. The molecule has 71 heavy (non-hydrogen) atoms. The molecule has 0 saturated carbocycles. The summed E-state index contributed by atoms with van der Waals surface area (Å²) < 4.78 is 2.58. The second-order valence-corrected chi connectivity index (χ2v) is 20.9. The van der Waals surface area contributed by atoms with Gasteiger partial charge in [0.25, 0.3) is 0 Å². The number of thiophene rings is 1. The number of anilines is 6. The maximum atomic E-state index is 2.50. The Balaban J connectivity index is 1.26. The van der Waals surface area contributed by atoms with Crippen LogP contribution in [0.15, 0.2) is 194 Å². The molecule has 0 aliphatic carbocycles. The lowest BCUT2D eigenvalue weighted by atomic mass is 9.93. The molecule has 0 saturated heterocycles. The van der Waals surface area contributed by atoms with Gasteiger partial charge in [-0.3, -0.25) is 0 Å². The number of fused-ring (bicyclic) bond motifs is 13. The van der Waals surface area contributed by atoms with Crippen LogP contribution in [0.25, 0.3) is 74.0 Å². The minimum absolute atomic E-state index is 1.11. The fourth-order valence-corrected chi connectivity index (χ4v) is 11.9. The lowest BCUT2D eigenvalue weighted by Gasteiger charge is -2.27. The summed E-state index contributed by atoms with van der Waals surface area (Å²) in [5.41, 5.74) is 17.0. The zero-order valence-corrected chi connectivity index (χ0v) is 42.6. The highest BCUT2D eigenvalue weighted by molar-refractivity contribution is 7.25. The smallest absolute Gasteiger partial charge is 0.0468 e. The normalized spacial score (nSPS) is 11.7. The van der Waals surface area contributed by atoms with E-state index in [1.165, 1.54) is 119 Å². The van der Waals surface area contributed by atoms with Crippen molar-refractivity contribution < 1.29 is 0 Å². The van der Waals surface area contributed by atoms with E-state index in [9.17, 15) is 0 Å². The van der Waals surface area contributed by atoms with Crippen LogP contribution in [0.2, 0.25) is 0 Å². The van der Waals surface area contributed by atoms with Gasteiger partial charge in [0.15, 0.2) is 0 Å². The predicted molar refractivity (Wildman–Crippen MR) is 312 cm³/mol. The Labute approximate surface area is 421 Å². The van der Waals surface area contributed by atoms with Gasteiger partial charge in [0, 0.05) is 54.3 Å². The molecule has 0 spiro atoms. The Morgan fingerprint density at radius 2 is 0.507 bits per heavy atom. The second kappa shape index (κ2) is 17.5. The summed E-state index contributed by atoms with van der Waals surface area (Å²) in [6.07, 6.45) is 0. The van der Waals surface area contributed by atoms with Crippen molar-refractivity contribution in [2.24, 2.45) is 0 Å². The average Bonchev–Trinajstić information content (AvgIpc) is 3.75. The SMILES string of the molecule is Cc1ccc(N(c2ccc(C)c(C)c2)c2ccc3c4ccccc4c4ccc(N(c5ccc(C)c(C)c5)c5ccc(C)c(C)c5)cc4c4cc5c(cc4c4ccccc4c3c2)sc2ccccc25)cc1C. The van der Waals surface area contributed by atoms with E-state index < -0.39 is 0 Å². The molecule has 0 aliphatic heterocycles. The van der Waals surface area contributed by atoms with Crippen molar-refractivity contribution in [3.8, 4) is 0 Å². The van der Waals surface area contributed by atoms with Crippen LogP contribution >= 0.6 is 11.3 Å². The first-order valence-electron chi connectivity index (χ1n) is 24.8. The molecule has 3 heteroatoms. The highest BCUT2D eigenvalue weighted by atomic mass is 32.1. The fourth-order valence-electron chi connectivity index (χ4n) is 10.7. The van der Waals surface area contributed by atoms with Crippen LogP contribution in [0, 0.1) is 55.4 Å². The van der Waals surface area contributed by atoms with Gasteiger partial charge in [-0.1, -0.05) is 103 Å². The first-order chi connectivity index (χ1) is 34.5. The molecule has 0 amide bonds. The van der Waals surface area contributed by atoms with Crippen molar-refractivity contribution in [1.82, 2.24) is 0 Å². The molecule has 0 bridgehead atoms. The summed E-state index contributed by atoms with van der Waals surface area (Å²) in [7, 11) is 0. The van der Waals surface area contributed by atoms with Crippen molar-refractivity contribution in [1.29, 1.82) is 0 Å². The topological polar surface area (TPSA) is 6.48 Å². The maximum Gasteiger partial charge on any atom is 0.0468 e. The monoisotopic (exact) mass is 932 g/mol. The van der Waals surface area contributed by atoms with Gasteiger partial charge in [-0.2, -0.15) is 0 Å². The Hall–Kier alpha value is -7.98. The largest absolute Gasteiger partial charge is 0.310 e. The summed E-state index contributed by atoms with van der Waals surface area (Å²) in [6.45, 7) is 17.7. The fraction of sp³-hybridized carbons (Fsp3) is 0.118. The summed E-state index contributed by atoms with van der Waals surface area (Å²) in [4.78, 5) is 4.89. The number of hydrogen-bond donors (Lipinski definition) is 0. The van der Waals surface area contributed by atoms with E-state index in [1.807, 2.05) is 11.3 Å². The van der Waals surface area contributed by atoms with E-state index in [4.69, 9.17) is 0 Å². The van der Waals surface area contributed by atoms with E-state index in [0.717, 1.165) is 34.1 Å². The first kappa shape index (κ1) is 44.2. The molecule has 11 aromatic carbocycles. The average molecular weight is 933 g/mol. The lowest BCUT2D eigenvalue weighted by Crippen LogP contribution is -2.11. The maximum absolute atomic E-state index is 2.50. The lowest BCUT2D eigenvalue weighted by molar-refractivity contribution is 1.23. The number of aryl methyl sites for hydroxylation is 8. The third-order valence-corrected chi connectivity index (χ3v) is 16.5. The van der Waals surface area contributed by atoms with E-state index in [-0.39, 0.29) is 0 Å². The Morgan fingerprint density at radius 3 is 0.915 bits per heavy atom. The van der Waals surface area contributed by atoms with Crippen LogP contribution in [-0.4, -0.2) is 0 Å². The van der Waals surface area contributed by atoms with Crippen LogP contribution in [0.1, 0.15) is 44.5 Å². The predicted octanol–water partition coefficient (Wildman–Crippen LogP) is 20.4. The molecule has 2 nitrogen and oxygen atoms in total. The molecule has 0 atom stereocenters. The molecule has 1 aromatic heterocycles. The van der Waals surface area contributed by atoms with E-state index >= 15 is 0 Å². The van der Waals surface area contributed by atoms with Gasteiger partial charge in [0.1, 0.15) is 0 Å². The van der Waals surface area contributed by atoms with Gasteiger partial charge in [-0.25, -0.2) is 0 Å². The van der Waals surface area contributed by atoms with Crippen LogP contribution in [0.3, 0.4) is 0 Å². The van der Waals surface area contributed by atoms with Crippen molar-refractivity contribution in [2.45, 2.75) is 55.4 Å². The Kier molecular flexibility index (Phi) is 10.9. The molecular formula is C68H56N2S. The third kappa shape index (κ3) is 7.64. The summed E-state index contributed by atoms with van der Waals surface area (Å²) in [6, 6.07) is 73.9. The molecule has 0 N–H and O–H groups in total. The molecule has 1 heterocycles. The van der Waals surface area contributed by atoms with Crippen LogP contribution in [-0.2, 0) is 0 Å². The highest BCUT2D eigenvalue weighted by Gasteiger charge is 2.20. The van der Waals surface area contributed by atoms with E-state index in [0.29, 0.717) is 0 Å². The standard InChI is InChI=1S/C68H56N2S/c1-41-21-25-49(33-45(41)5)69(50-26-22-42(2)46(6)34-50)53-29-31-59-55-15-9-10-16-56(55)60-32-30-54(70(51-27-23-43(3)47(7)35-51)52-28-24-44(4)48(8)36-52)38-63(60)64-39-66-61-19-13-14-20-67(61)71-68(66)40-65(64)58-18-12-11-17-57(58)62(59)37-53/h9-40H,1-8H3. The molecule has 0 radical (unpaired) electrons. The van der Waals surface area contributed by atoms with E-state index in [1.54, 1.807) is 0 Å². The molecule has 12 aromatic rings. The van der Waals surface area contributed by atoms with E-state index in [2.05, 4.69) is 259 Å². The zero-order valence-electron chi connectivity index (χ0n) is 41.8. The van der Waals surface area contributed by atoms with Gasteiger partial charge in [-0.15, -0.1) is 11.3 Å². The Morgan fingerprint density at radius 1 is 0.211 bits per heavy atom. The third-order valence-electron chi connectivity index (χ3n) is 15.3. The summed E-state index contributed by atoms with van der Waals surface area (Å²) in [5, 5.41) is 14.6. The zero-order chi connectivity index (χ0) is 48.7. The number of rotatable bonds is 6. The number of hydrogen-bond acceptors (Lipinski definition) is 3. The molecule has 344 valence electrons. The quantitative estimate of drug-likeness (QED) is 0.164. The number of benzene rings is 10. The summed E-state index contributed by atoms with van der Waals surface area (Å²) in [5.74, 6) is 0. The first-order valence-corrected chi connectivity index (χ1v) is 25.6.